The number of hydrogen-bond acceptors (Lipinski definition) is 9. The van der Waals surface area contributed by atoms with Crippen LogP contribution in [0, 0.1) is 26.7 Å². The molecule has 1 aliphatic rings. The van der Waals surface area contributed by atoms with Gasteiger partial charge < -0.3 is 29.6 Å². The second-order valence-electron chi connectivity index (χ2n) is 10.4. The molecule has 3 N–H and O–H groups in total. The number of methoxy groups -OCH3 is 2. The number of pyridine rings is 1. The zero-order valence-electron chi connectivity index (χ0n) is 23.3. The fourth-order valence-corrected chi connectivity index (χ4v) is 5.46. The van der Waals surface area contributed by atoms with Crippen molar-refractivity contribution in [3.8, 4) is 17.1 Å². The molecule has 3 heterocycles. The molecule has 0 amide bonds. The van der Waals surface area contributed by atoms with Gasteiger partial charge in [0.2, 0.25) is 5.95 Å². The van der Waals surface area contributed by atoms with Crippen LogP contribution in [0.3, 0.4) is 0 Å². The van der Waals surface area contributed by atoms with Crippen LogP contribution in [-0.4, -0.2) is 46.9 Å². The lowest BCUT2D eigenvalue weighted by molar-refractivity contribution is 0.181. The normalized spacial score (nSPS) is 17.1. The zero-order chi connectivity index (χ0) is 27.5. The number of aliphatic hydroxyl groups excluding tert-OH is 1. The molecule has 1 aliphatic carbocycles. The number of nitrogens with one attached hydrogen (secondary N) is 2. The summed E-state index contributed by atoms with van der Waals surface area (Å²) in [5.41, 5.74) is 6.25. The van der Waals surface area contributed by atoms with Gasteiger partial charge in [-0.25, -0.2) is 4.98 Å². The molecular weight excluding hydrogens is 494 g/mol. The number of hydrogen-bond donors (Lipinski definition) is 3. The van der Waals surface area contributed by atoms with Crippen LogP contribution in [0.5, 0.6) is 5.75 Å². The van der Waals surface area contributed by atoms with E-state index in [9.17, 15) is 5.11 Å². The summed E-state index contributed by atoms with van der Waals surface area (Å²) in [6.45, 7) is 7.17. The van der Waals surface area contributed by atoms with Gasteiger partial charge in [-0.05, 0) is 81.3 Å². The largest absolute Gasteiger partial charge is 0.497 e. The number of aryl methyl sites for hydroxylation is 3. The quantitative estimate of drug-likeness (QED) is 0.242. The minimum Gasteiger partial charge on any atom is -0.497 e. The smallest absolute Gasteiger partial charge is 0.225 e. The maximum Gasteiger partial charge on any atom is 0.225 e. The van der Waals surface area contributed by atoms with Crippen LogP contribution in [0.4, 0.5) is 11.8 Å². The molecule has 206 valence electrons. The summed E-state index contributed by atoms with van der Waals surface area (Å²) in [5.74, 6) is 3.08. The first-order chi connectivity index (χ1) is 18.9. The van der Waals surface area contributed by atoms with Crippen LogP contribution < -0.4 is 15.4 Å². The molecule has 1 fully saturated rings. The highest BCUT2D eigenvalue weighted by Crippen LogP contribution is 2.37. The summed E-state index contributed by atoms with van der Waals surface area (Å²) in [7, 11) is 3.34. The Labute approximate surface area is 229 Å². The van der Waals surface area contributed by atoms with E-state index in [1.165, 1.54) is 0 Å². The van der Waals surface area contributed by atoms with Crippen LogP contribution >= 0.6 is 0 Å². The van der Waals surface area contributed by atoms with Gasteiger partial charge >= 0.3 is 0 Å². The number of benzene rings is 1. The number of aromatic nitrogens is 3. The predicted molar refractivity (Wildman–Crippen MR) is 152 cm³/mol. The number of ether oxygens (including phenoxy) is 2. The van der Waals surface area contributed by atoms with E-state index in [1.54, 1.807) is 14.2 Å². The van der Waals surface area contributed by atoms with Gasteiger partial charge in [0.05, 0.1) is 36.4 Å². The Kier molecular flexibility index (Phi) is 7.99. The van der Waals surface area contributed by atoms with Crippen molar-refractivity contribution < 1.29 is 19.0 Å². The van der Waals surface area contributed by atoms with Crippen molar-refractivity contribution >= 4 is 22.7 Å². The number of aliphatic hydroxyl groups is 1. The molecule has 4 aromatic rings. The Morgan fingerprint density at radius 2 is 1.85 bits per heavy atom. The van der Waals surface area contributed by atoms with Gasteiger partial charge in [0.25, 0.3) is 0 Å². The van der Waals surface area contributed by atoms with E-state index in [0.717, 1.165) is 75.6 Å². The third-order valence-electron chi connectivity index (χ3n) is 7.29. The minimum absolute atomic E-state index is 0.209. The lowest BCUT2D eigenvalue weighted by atomic mass is 10.1. The van der Waals surface area contributed by atoms with Crippen LogP contribution in [0.25, 0.3) is 22.3 Å². The molecule has 0 saturated heterocycles. The van der Waals surface area contributed by atoms with Gasteiger partial charge in [-0.15, -0.1) is 0 Å². The maximum atomic E-state index is 9.67. The highest BCUT2D eigenvalue weighted by Gasteiger charge is 2.27. The van der Waals surface area contributed by atoms with Gasteiger partial charge in [-0.2, -0.15) is 4.98 Å². The summed E-state index contributed by atoms with van der Waals surface area (Å²) >= 11 is 0. The lowest BCUT2D eigenvalue weighted by Crippen LogP contribution is -2.19. The summed E-state index contributed by atoms with van der Waals surface area (Å²) in [6.07, 6.45) is 2.86. The Morgan fingerprint density at radius 1 is 1.00 bits per heavy atom. The molecule has 3 aromatic heterocycles. The van der Waals surface area contributed by atoms with E-state index >= 15 is 0 Å². The molecule has 1 aromatic carbocycles. The summed E-state index contributed by atoms with van der Waals surface area (Å²) in [4.78, 5) is 14.3. The van der Waals surface area contributed by atoms with Crippen LogP contribution in [0.15, 0.2) is 34.7 Å². The first kappa shape index (κ1) is 26.9. The van der Waals surface area contributed by atoms with E-state index in [1.807, 2.05) is 45.0 Å². The van der Waals surface area contributed by atoms with Gasteiger partial charge in [0.15, 0.2) is 5.58 Å². The maximum absolute atomic E-state index is 9.67. The summed E-state index contributed by atoms with van der Waals surface area (Å²) < 4.78 is 17.1. The van der Waals surface area contributed by atoms with Gasteiger partial charge in [-0.1, -0.05) is 6.07 Å². The molecule has 5 rings (SSSR count). The molecule has 1 saturated carbocycles. The van der Waals surface area contributed by atoms with Crippen molar-refractivity contribution in [2.45, 2.75) is 59.2 Å². The monoisotopic (exact) mass is 531 g/mol. The molecule has 39 heavy (non-hydrogen) atoms. The molecule has 0 spiro atoms. The van der Waals surface area contributed by atoms with E-state index < -0.39 is 0 Å². The Bertz CT molecular complexity index is 1470. The van der Waals surface area contributed by atoms with Crippen molar-refractivity contribution in [3.05, 3.63) is 58.5 Å². The average molecular weight is 532 g/mol. The second kappa shape index (κ2) is 11.6. The van der Waals surface area contributed by atoms with E-state index in [2.05, 4.69) is 21.7 Å². The minimum atomic E-state index is 0.209. The number of fused-ring (bicyclic) bond motifs is 1. The first-order valence-electron chi connectivity index (χ1n) is 13.4. The van der Waals surface area contributed by atoms with Gasteiger partial charge in [0, 0.05) is 31.7 Å². The molecule has 2 unspecified atom stereocenters. The molecule has 9 nitrogen and oxygen atoms in total. The second-order valence-corrected chi connectivity index (χ2v) is 10.4. The molecule has 0 bridgehead atoms. The van der Waals surface area contributed by atoms with Crippen molar-refractivity contribution in [2.75, 3.05) is 31.5 Å². The van der Waals surface area contributed by atoms with Crippen LogP contribution in [-0.2, 0) is 17.9 Å². The summed E-state index contributed by atoms with van der Waals surface area (Å²) in [5, 5.41) is 17.7. The predicted octanol–water partition coefficient (Wildman–Crippen LogP) is 5.55. The number of anilines is 2. The lowest BCUT2D eigenvalue weighted by Gasteiger charge is -2.18. The molecule has 0 radical (unpaired) electrons. The van der Waals surface area contributed by atoms with E-state index in [4.69, 9.17) is 23.9 Å². The number of nitrogens with zero attached hydrogens (tertiary/aromatic N) is 3. The third kappa shape index (κ3) is 5.99. The summed E-state index contributed by atoms with van der Waals surface area (Å²) in [6, 6.07) is 10.4. The van der Waals surface area contributed by atoms with Crippen molar-refractivity contribution in [2.24, 2.45) is 5.92 Å². The highest BCUT2D eigenvalue weighted by molar-refractivity contribution is 5.87. The number of furan rings is 1. The molecular formula is C30H37N5O4. The standard InChI is InChI=1S/C30H37N5O4/c1-17-8-21(11-25(9-17)38-5)14-31-30-33-18(2)27(29(35-30)34-23-7-6-20(10-23)15-36)26-13-22-12-24(16-37-4)32-19(3)28(22)39-26/h8-9,11-13,20,23,36H,6-7,10,14-16H2,1-5H3,(H2,31,33,34,35). The molecule has 9 heteroatoms. The van der Waals surface area contributed by atoms with Crippen LogP contribution in [0.1, 0.15) is 47.5 Å². The molecule has 0 aliphatic heterocycles. The van der Waals surface area contributed by atoms with Crippen molar-refractivity contribution in [3.63, 3.8) is 0 Å². The first-order valence-corrected chi connectivity index (χ1v) is 13.4. The Hall–Kier alpha value is -3.69. The van der Waals surface area contributed by atoms with Crippen LogP contribution in [0.2, 0.25) is 0 Å². The highest BCUT2D eigenvalue weighted by atomic mass is 16.5. The third-order valence-corrected chi connectivity index (χ3v) is 7.29. The van der Waals surface area contributed by atoms with Gasteiger partial charge in [0.1, 0.15) is 17.3 Å². The van der Waals surface area contributed by atoms with E-state index in [0.29, 0.717) is 30.8 Å². The fourth-order valence-electron chi connectivity index (χ4n) is 5.46. The van der Waals surface area contributed by atoms with Gasteiger partial charge in [-0.3, -0.25) is 4.98 Å². The van der Waals surface area contributed by atoms with Crippen molar-refractivity contribution in [1.82, 2.24) is 15.0 Å². The fraction of sp³-hybridized carbons (Fsp3) is 0.433. The Morgan fingerprint density at radius 3 is 2.59 bits per heavy atom. The topological polar surface area (TPSA) is 115 Å². The molecule has 2 atom stereocenters. The zero-order valence-corrected chi connectivity index (χ0v) is 23.3. The SMILES string of the molecule is COCc1cc2cc(-c3c(C)nc(NCc4cc(C)cc(OC)c4)nc3NC3CCC(CO)C3)oc2c(C)n1. The van der Waals surface area contributed by atoms with Crippen molar-refractivity contribution in [1.29, 1.82) is 0 Å². The number of rotatable bonds is 10. The van der Waals surface area contributed by atoms with E-state index in [-0.39, 0.29) is 12.6 Å². The Balaban J connectivity index is 1.50. The average Bonchev–Trinajstić information content (AvgIpc) is 3.54.